The first-order valence-corrected chi connectivity index (χ1v) is 7.44. The van der Waals surface area contributed by atoms with E-state index in [9.17, 15) is 13.2 Å². The fraction of sp³-hybridized carbons (Fsp3) is 0.389. The Bertz CT molecular complexity index is 655. The molecule has 2 N–H and O–H groups in total. The molecule has 2 rings (SSSR count). The van der Waals surface area contributed by atoms with Crippen molar-refractivity contribution in [2.45, 2.75) is 39.4 Å². The minimum absolute atomic E-state index is 0.0671. The second-order valence-electron chi connectivity index (χ2n) is 6.88. The van der Waals surface area contributed by atoms with Crippen LogP contribution in [0.1, 0.15) is 49.2 Å². The highest BCUT2D eigenvalue weighted by atomic mass is 19.4. The largest absolute Gasteiger partial charge is 0.416 e. The van der Waals surface area contributed by atoms with Gasteiger partial charge in [0.05, 0.1) is 17.3 Å². The van der Waals surface area contributed by atoms with Gasteiger partial charge in [0.25, 0.3) is 0 Å². The van der Waals surface area contributed by atoms with E-state index >= 15 is 0 Å². The fourth-order valence-electron chi connectivity index (χ4n) is 2.49. The summed E-state index contributed by atoms with van der Waals surface area (Å²) >= 11 is 0. The maximum absolute atomic E-state index is 12.6. The molecule has 1 heterocycles. The van der Waals surface area contributed by atoms with E-state index in [1.807, 2.05) is 12.1 Å². The second kappa shape index (κ2) is 6.32. The fourth-order valence-corrected chi connectivity index (χ4v) is 2.49. The van der Waals surface area contributed by atoms with Crippen LogP contribution >= 0.6 is 0 Å². The Kier molecular flexibility index (Phi) is 4.80. The van der Waals surface area contributed by atoms with Gasteiger partial charge < -0.3 is 5.73 Å². The molecule has 1 aromatic heterocycles. The van der Waals surface area contributed by atoms with E-state index in [1.54, 1.807) is 6.20 Å². The van der Waals surface area contributed by atoms with Gasteiger partial charge in [-0.05, 0) is 41.2 Å². The Morgan fingerprint density at radius 1 is 1.04 bits per heavy atom. The number of pyridine rings is 1. The summed E-state index contributed by atoms with van der Waals surface area (Å²) in [6.45, 7) is 6.36. The SMILES string of the molecule is CC(C)(C)Cc1cccnc1C(N)c1ccc(C(F)(F)F)cc1. The van der Waals surface area contributed by atoms with Crippen LogP contribution in [0.25, 0.3) is 0 Å². The van der Waals surface area contributed by atoms with Crippen LogP contribution in [0.15, 0.2) is 42.6 Å². The maximum Gasteiger partial charge on any atom is 0.416 e. The third-order valence-electron chi connectivity index (χ3n) is 3.54. The van der Waals surface area contributed by atoms with Crippen LogP contribution in [-0.4, -0.2) is 4.98 Å². The van der Waals surface area contributed by atoms with Crippen molar-refractivity contribution in [2.24, 2.45) is 11.1 Å². The van der Waals surface area contributed by atoms with Gasteiger partial charge >= 0.3 is 6.18 Å². The highest BCUT2D eigenvalue weighted by molar-refractivity contribution is 5.35. The molecule has 5 heteroatoms. The molecular weight excluding hydrogens is 301 g/mol. The van der Waals surface area contributed by atoms with Crippen molar-refractivity contribution in [3.05, 3.63) is 65.0 Å². The first-order chi connectivity index (χ1) is 10.6. The molecule has 0 saturated carbocycles. The van der Waals surface area contributed by atoms with Crippen molar-refractivity contribution in [1.82, 2.24) is 4.98 Å². The highest BCUT2D eigenvalue weighted by Gasteiger charge is 2.30. The molecule has 2 aromatic rings. The summed E-state index contributed by atoms with van der Waals surface area (Å²) in [6, 6.07) is 8.23. The van der Waals surface area contributed by atoms with Gasteiger partial charge in [0.15, 0.2) is 0 Å². The summed E-state index contributed by atoms with van der Waals surface area (Å²) < 4.78 is 37.9. The molecule has 1 atom stereocenters. The van der Waals surface area contributed by atoms with Crippen LogP contribution < -0.4 is 5.73 Å². The van der Waals surface area contributed by atoms with Gasteiger partial charge in [0, 0.05) is 6.20 Å². The number of hydrogen-bond acceptors (Lipinski definition) is 2. The quantitative estimate of drug-likeness (QED) is 0.886. The first-order valence-electron chi connectivity index (χ1n) is 7.44. The number of rotatable bonds is 3. The zero-order chi connectivity index (χ0) is 17.3. The number of hydrogen-bond donors (Lipinski definition) is 1. The van der Waals surface area contributed by atoms with E-state index in [0.29, 0.717) is 11.3 Å². The number of aromatic nitrogens is 1. The number of nitrogens with two attached hydrogens (primary N) is 1. The molecule has 1 unspecified atom stereocenters. The normalized spacial score (nSPS) is 13.9. The van der Waals surface area contributed by atoms with Crippen molar-refractivity contribution < 1.29 is 13.2 Å². The Morgan fingerprint density at radius 2 is 1.65 bits per heavy atom. The van der Waals surface area contributed by atoms with Gasteiger partial charge in [0.2, 0.25) is 0 Å². The van der Waals surface area contributed by atoms with Crippen molar-refractivity contribution >= 4 is 0 Å². The predicted molar refractivity (Wildman–Crippen MR) is 84.9 cm³/mol. The van der Waals surface area contributed by atoms with Crippen LogP contribution in [0.2, 0.25) is 0 Å². The number of alkyl halides is 3. The number of halogens is 3. The topological polar surface area (TPSA) is 38.9 Å². The summed E-state index contributed by atoms with van der Waals surface area (Å²) in [6.07, 6.45) is -1.89. The Labute approximate surface area is 134 Å². The van der Waals surface area contributed by atoms with Gasteiger partial charge in [0.1, 0.15) is 0 Å². The number of benzene rings is 1. The van der Waals surface area contributed by atoms with Crippen LogP contribution in [-0.2, 0) is 12.6 Å². The van der Waals surface area contributed by atoms with Crippen LogP contribution in [0, 0.1) is 5.41 Å². The predicted octanol–water partition coefficient (Wildman–Crippen LogP) is 4.74. The van der Waals surface area contributed by atoms with Gasteiger partial charge in [-0.15, -0.1) is 0 Å². The summed E-state index contributed by atoms with van der Waals surface area (Å²) in [4.78, 5) is 4.36. The molecule has 0 aliphatic carbocycles. The lowest BCUT2D eigenvalue weighted by molar-refractivity contribution is -0.137. The first kappa shape index (κ1) is 17.5. The lowest BCUT2D eigenvalue weighted by Crippen LogP contribution is -2.19. The lowest BCUT2D eigenvalue weighted by atomic mass is 9.86. The van der Waals surface area contributed by atoms with Gasteiger partial charge in [-0.25, -0.2) is 0 Å². The molecule has 124 valence electrons. The molecule has 1 aromatic carbocycles. The average molecular weight is 322 g/mol. The van der Waals surface area contributed by atoms with E-state index in [2.05, 4.69) is 25.8 Å². The molecule has 0 fully saturated rings. The smallest absolute Gasteiger partial charge is 0.319 e. The zero-order valence-corrected chi connectivity index (χ0v) is 13.5. The van der Waals surface area contributed by atoms with Gasteiger partial charge in [-0.1, -0.05) is 39.0 Å². The van der Waals surface area contributed by atoms with Crippen molar-refractivity contribution in [2.75, 3.05) is 0 Å². The molecule has 0 bridgehead atoms. The zero-order valence-electron chi connectivity index (χ0n) is 13.5. The minimum atomic E-state index is -4.34. The molecule has 0 saturated heterocycles. The molecule has 0 aliphatic heterocycles. The van der Waals surface area contributed by atoms with E-state index in [4.69, 9.17) is 5.73 Å². The van der Waals surface area contributed by atoms with E-state index in [1.165, 1.54) is 12.1 Å². The molecule has 0 amide bonds. The van der Waals surface area contributed by atoms with Crippen molar-refractivity contribution in [3.8, 4) is 0 Å². The van der Waals surface area contributed by atoms with Crippen LogP contribution in [0.5, 0.6) is 0 Å². The van der Waals surface area contributed by atoms with Gasteiger partial charge in [-0.3, -0.25) is 4.98 Å². The third-order valence-corrected chi connectivity index (χ3v) is 3.54. The molecule has 0 aliphatic rings. The summed E-state index contributed by atoms with van der Waals surface area (Å²) in [5.41, 5.74) is 7.99. The average Bonchev–Trinajstić information content (AvgIpc) is 2.45. The van der Waals surface area contributed by atoms with Crippen LogP contribution in [0.3, 0.4) is 0 Å². The van der Waals surface area contributed by atoms with Crippen LogP contribution in [0.4, 0.5) is 13.2 Å². The van der Waals surface area contributed by atoms with E-state index in [0.717, 1.165) is 24.1 Å². The van der Waals surface area contributed by atoms with Crippen molar-refractivity contribution in [3.63, 3.8) is 0 Å². The van der Waals surface area contributed by atoms with E-state index in [-0.39, 0.29) is 5.41 Å². The third kappa shape index (κ3) is 4.55. The second-order valence-corrected chi connectivity index (χ2v) is 6.88. The summed E-state index contributed by atoms with van der Waals surface area (Å²) in [5.74, 6) is 0. The standard InChI is InChI=1S/C18H21F3N2/c1-17(2,3)11-13-5-4-10-23-16(13)15(22)12-6-8-14(9-7-12)18(19,20)21/h4-10,15H,11,22H2,1-3H3. The molecule has 2 nitrogen and oxygen atoms in total. The van der Waals surface area contributed by atoms with Gasteiger partial charge in [-0.2, -0.15) is 13.2 Å². The molecule has 23 heavy (non-hydrogen) atoms. The Hall–Kier alpha value is -1.88. The molecule has 0 spiro atoms. The Morgan fingerprint density at radius 3 is 2.17 bits per heavy atom. The summed E-state index contributed by atoms with van der Waals surface area (Å²) in [7, 11) is 0. The Balaban J connectivity index is 2.32. The lowest BCUT2D eigenvalue weighted by Gasteiger charge is -2.22. The number of nitrogens with zero attached hydrogens (tertiary/aromatic N) is 1. The highest BCUT2D eigenvalue weighted by Crippen LogP contribution is 2.31. The molecule has 0 radical (unpaired) electrons. The minimum Gasteiger partial charge on any atom is -0.319 e. The molecular formula is C18H21F3N2. The monoisotopic (exact) mass is 322 g/mol. The van der Waals surface area contributed by atoms with E-state index < -0.39 is 17.8 Å². The maximum atomic E-state index is 12.6. The van der Waals surface area contributed by atoms with Crippen molar-refractivity contribution in [1.29, 1.82) is 0 Å². The summed E-state index contributed by atoms with van der Waals surface area (Å²) in [5, 5.41) is 0.